The second-order valence-electron chi connectivity index (χ2n) is 3.68. The highest BCUT2D eigenvalue weighted by Gasteiger charge is 2.33. The highest BCUT2D eigenvalue weighted by molar-refractivity contribution is 6.50. The first-order valence-electron chi connectivity index (χ1n) is 4.68. The highest BCUT2D eigenvalue weighted by atomic mass is 35.5. The van der Waals surface area contributed by atoms with Crippen molar-refractivity contribution in [3.63, 3.8) is 0 Å². The van der Waals surface area contributed by atoms with Crippen molar-refractivity contribution in [2.75, 3.05) is 0 Å². The van der Waals surface area contributed by atoms with E-state index in [4.69, 9.17) is 58.0 Å². The average Bonchev–Trinajstić information content (AvgIpc) is 2.21. The molecule has 2 aromatic carbocycles. The molecule has 0 radical (unpaired) electrons. The van der Waals surface area contributed by atoms with Gasteiger partial charge in [-0.2, -0.15) is 0 Å². The lowest BCUT2D eigenvalue weighted by molar-refractivity contribution is 1.52. The third-order valence-corrected chi connectivity index (χ3v) is 4.49. The van der Waals surface area contributed by atoms with E-state index in [9.17, 15) is 0 Å². The quantitative estimate of drug-likeness (QED) is 0.409. The van der Waals surface area contributed by atoms with Crippen LogP contribution in [0.2, 0.25) is 25.1 Å². The van der Waals surface area contributed by atoms with Gasteiger partial charge in [0, 0.05) is 32.3 Å². The van der Waals surface area contributed by atoms with Crippen LogP contribution in [0.1, 0.15) is 0 Å². The lowest BCUT2D eigenvalue weighted by atomic mass is 9.80. The van der Waals surface area contributed by atoms with Crippen molar-refractivity contribution >= 4 is 58.0 Å². The number of hydrogen-bond acceptors (Lipinski definition) is 0. The minimum atomic E-state index is 0.414. The summed E-state index contributed by atoms with van der Waals surface area (Å²) in [5.41, 5.74) is 3.27. The third-order valence-electron chi connectivity index (χ3n) is 2.78. The van der Waals surface area contributed by atoms with Crippen LogP contribution in [0.25, 0.3) is 22.3 Å². The molecule has 0 saturated carbocycles. The van der Waals surface area contributed by atoms with E-state index in [1.165, 1.54) is 0 Å². The van der Waals surface area contributed by atoms with Gasteiger partial charge in [-0.05, 0) is 18.2 Å². The second-order valence-corrected chi connectivity index (χ2v) is 5.69. The van der Waals surface area contributed by atoms with Crippen molar-refractivity contribution < 1.29 is 0 Å². The van der Waals surface area contributed by atoms with Crippen molar-refractivity contribution in [1.29, 1.82) is 0 Å². The van der Waals surface area contributed by atoms with E-state index in [-0.39, 0.29) is 0 Å². The summed E-state index contributed by atoms with van der Waals surface area (Å²) in [5.74, 6) is 0. The number of benzene rings is 2. The van der Waals surface area contributed by atoms with Gasteiger partial charge in [0.15, 0.2) is 0 Å². The van der Waals surface area contributed by atoms with E-state index in [0.29, 0.717) is 25.1 Å². The van der Waals surface area contributed by atoms with Crippen LogP contribution < -0.4 is 0 Å². The van der Waals surface area contributed by atoms with Crippen LogP contribution in [0.15, 0.2) is 18.2 Å². The molecule has 0 unspecified atom stereocenters. The Hall–Kier alpha value is -0.110. The first kappa shape index (κ1) is 12.0. The summed E-state index contributed by atoms with van der Waals surface area (Å²) < 4.78 is 0. The van der Waals surface area contributed by atoms with Gasteiger partial charge in [0.1, 0.15) is 0 Å². The molecule has 0 bridgehead atoms. The monoisotopic (exact) mass is 322 g/mol. The summed E-state index contributed by atoms with van der Waals surface area (Å²) in [6.07, 6.45) is 0. The van der Waals surface area contributed by atoms with Gasteiger partial charge in [0.25, 0.3) is 0 Å². The van der Waals surface area contributed by atoms with Gasteiger partial charge in [0.05, 0.1) is 15.1 Å². The number of halogens is 5. The van der Waals surface area contributed by atoms with Gasteiger partial charge in [-0.3, -0.25) is 0 Å². The fourth-order valence-electron chi connectivity index (χ4n) is 2.05. The predicted molar refractivity (Wildman–Crippen MR) is 75.9 cm³/mol. The zero-order valence-electron chi connectivity index (χ0n) is 8.12. The molecule has 86 valence electrons. The standard InChI is InChI=1S/C12H3Cl5/c13-4-1-2-5(14)9-8(4)10-6(15)3-7(16)12(17)11(9)10/h1-3H. The van der Waals surface area contributed by atoms with Gasteiger partial charge in [-0.25, -0.2) is 0 Å². The lowest BCUT2D eigenvalue weighted by Gasteiger charge is -2.28. The van der Waals surface area contributed by atoms with E-state index in [2.05, 4.69) is 0 Å². The van der Waals surface area contributed by atoms with E-state index in [0.717, 1.165) is 22.3 Å². The molecular weight excluding hydrogens is 321 g/mol. The Morgan fingerprint density at radius 2 is 1.00 bits per heavy atom. The van der Waals surface area contributed by atoms with E-state index in [1.54, 1.807) is 18.2 Å². The van der Waals surface area contributed by atoms with E-state index < -0.39 is 0 Å². The zero-order valence-corrected chi connectivity index (χ0v) is 11.9. The van der Waals surface area contributed by atoms with Crippen LogP contribution >= 0.6 is 58.0 Å². The molecule has 0 fully saturated rings. The molecule has 3 rings (SSSR count). The molecule has 1 aliphatic carbocycles. The Balaban J connectivity index is 2.43. The Morgan fingerprint density at radius 3 is 1.59 bits per heavy atom. The maximum Gasteiger partial charge on any atom is 0.0678 e. The molecular formula is C12H3Cl5. The SMILES string of the molecule is Clc1cc(Cl)c2c(c1Cl)-c1c(Cl)ccc(Cl)c1-2. The van der Waals surface area contributed by atoms with Crippen molar-refractivity contribution in [3.05, 3.63) is 43.3 Å². The number of fused-ring (bicyclic) bond motifs is 4. The van der Waals surface area contributed by atoms with Crippen LogP contribution in [0.3, 0.4) is 0 Å². The molecule has 2 aromatic rings. The molecule has 0 heterocycles. The normalized spacial score (nSPS) is 11.8. The molecule has 0 aliphatic heterocycles. The zero-order chi connectivity index (χ0) is 12.3. The summed E-state index contributed by atoms with van der Waals surface area (Å²) in [5, 5.41) is 2.61. The molecule has 1 aliphatic rings. The van der Waals surface area contributed by atoms with Gasteiger partial charge in [-0.15, -0.1) is 0 Å². The van der Waals surface area contributed by atoms with Crippen LogP contribution in [0, 0.1) is 0 Å². The van der Waals surface area contributed by atoms with Crippen molar-refractivity contribution in [2.24, 2.45) is 0 Å². The number of rotatable bonds is 0. The maximum atomic E-state index is 6.17. The Labute approximate surface area is 123 Å². The topological polar surface area (TPSA) is 0 Å². The fourth-order valence-corrected chi connectivity index (χ4v) is 3.36. The molecule has 0 N–H and O–H groups in total. The first-order valence-corrected chi connectivity index (χ1v) is 6.57. The van der Waals surface area contributed by atoms with Gasteiger partial charge in [-0.1, -0.05) is 58.0 Å². The first-order chi connectivity index (χ1) is 8.02. The summed E-state index contributed by atoms with van der Waals surface area (Å²) in [7, 11) is 0. The van der Waals surface area contributed by atoms with Gasteiger partial charge >= 0.3 is 0 Å². The van der Waals surface area contributed by atoms with Crippen LogP contribution in [-0.4, -0.2) is 0 Å². The number of hydrogen-bond donors (Lipinski definition) is 0. The van der Waals surface area contributed by atoms with Crippen LogP contribution in [0.5, 0.6) is 0 Å². The van der Waals surface area contributed by atoms with E-state index >= 15 is 0 Å². The predicted octanol–water partition coefficient (Wildman–Crippen LogP) is 6.60. The Kier molecular flexibility index (Phi) is 2.77. The lowest BCUT2D eigenvalue weighted by Crippen LogP contribution is -2.02. The minimum absolute atomic E-state index is 0.414. The molecule has 0 amide bonds. The maximum absolute atomic E-state index is 6.17. The summed E-state index contributed by atoms with van der Waals surface area (Å²) in [6.45, 7) is 0. The van der Waals surface area contributed by atoms with Crippen molar-refractivity contribution in [2.45, 2.75) is 0 Å². The molecule has 0 aromatic heterocycles. The summed E-state index contributed by atoms with van der Waals surface area (Å²) >= 11 is 30.6. The minimum Gasteiger partial charge on any atom is -0.0836 e. The summed E-state index contributed by atoms with van der Waals surface area (Å²) in [6, 6.07) is 5.09. The Bertz CT molecular complexity index is 661. The van der Waals surface area contributed by atoms with Crippen LogP contribution in [0.4, 0.5) is 0 Å². The molecule has 0 nitrogen and oxygen atoms in total. The van der Waals surface area contributed by atoms with Gasteiger partial charge < -0.3 is 0 Å². The van der Waals surface area contributed by atoms with Crippen LogP contribution in [-0.2, 0) is 0 Å². The molecule has 5 heteroatoms. The molecule has 0 atom stereocenters. The van der Waals surface area contributed by atoms with Crippen molar-refractivity contribution in [1.82, 2.24) is 0 Å². The van der Waals surface area contributed by atoms with Crippen molar-refractivity contribution in [3.8, 4) is 22.3 Å². The summed E-state index contributed by atoms with van der Waals surface area (Å²) in [4.78, 5) is 0. The third kappa shape index (κ3) is 1.52. The molecule has 0 saturated heterocycles. The Morgan fingerprint density at radius 1 is 0.529 bits per heavy atom. The van der Waals surface area contributed by atoms with E-state index in [1.807, 2.05) is 0 Å². The van der Waals surface area contributed by atoms with Gasteiger partial charge in [0.2, 0.25) is 0 Å². The molecule has 0 spiro atoms. The largest absolute Gasteiger partial charge is 0.0836 e. The average molecular weight is 324 g/mol. The second kappa shape index (κ2) is 3.94. The molecule has 17 heavy (non-hydrogen) atoms. The fraction of sp³-hybridized carbons (Fsp3) is 0. The smallest absolute Gasteiger partial charge is 0.0678 e. The highest BCUT2D eigenvalue weighted by Crippen LogP contribution is 2.60.